The van der Waals surface area contributed by atoms with Crippen LogP contribution in [-0.2, 0) is 6.42 Å². The summed E-state index contributed by atoms with van der Waals surface area (Å²) in [5, 5.41) is 0.124. The molecule has 0 atom stereocenters. The number of amides is 1. The van der Waals surface area contributed by atoms with Crippen molar-refractivity contribution in [2.45, 2.75) is 13.3 Å². The van der Waals surface area contributed by atoms with E-state index in [0.717, 1.165) is 23.2 Å². The maximum atomic E-state index is 12.4. The van der Waals surface area contributed by atoms with Crippen LogP contribution in [0, 0.1) is 6.92 Å². The molecular formula is C14H13ClN2O2. The van der Waals surface area contributed by atoms with Crippen molar-refractivity contribution < 1.29 is 9.21 Å². The number of nitrogens with zero attached hydrogens (tertiary/aromatic N) is 1. The molecule has 3 rings (SSSR count). The average Bonchev–Trinajstić information content (AvgIpc) is 2.96. The first-order valence-corrected chi connectivity index (χ1v) is 6.39. The number of aryl methyl sites for hydroxylation is 1. The van der Waals surface area contributed by atoms with Crippen molar-refractivity contribution in [2.24, 2.45) is 0 Å². The second-order valence-electron chi connectivity index (χ2n) is 4.65. The number of nitrogen functional groups attached to an aromatic ring is 1. The molecule has 2 heterocycles. The fourth-order valence-electron chi connectivity index (χ4n) is 2.38. The van der Waals surface area contributed by atoms with Crippen molar-refractivity contribution in [2.75, 3.05) is 17.2 Å². The largest absolute Gasteiger partial charge is 0.452 e. The van der Waals surface area contributed by atoms with E-state index in [0.29, 0.717) is 17.8 Å². The maximum absolute atomic E-state index is 12.4. The first-order chi connectivity index (χ1) is 9.08. The van der Waals surface area contributed by atoms with Crippen molar-refractivity contribution in [3.8, 4) is 0 Å². The normalized spacial score (nSPS) is 13.7. The first-order valence-electron chi connectivity index (χ1n) is 6.02. The zero-order chi connectivity index (χ0) is 13.6. The molecular weight excluding hydrogens is 264 g/mol. The number of carbonyl (C=O) groups is 1. The number of rotatable bonds is 1. The summed E-state index contributed by atoms with van der Waals surface area (Å²) < 4.78 is 4.97. The first kappa shape index (κ1) is 12.1. The lowest BCUT2D eigenvalue weighted by Crippen LogP contribution is -2.28. The molecule has 0 unspecified atom stereocenters. The molecule has 0 bridgehead atoms. The van der Waals surface area contributed by atoms with E-state index in [1.54, 1.807) is 11.0 Å². The molecule has 5 heteroatoms. The van der Waals surface area contributed by atoms with Gasteiger partial charge >= 0.3 is 0 Å². The molecule has 1 aliphatic heterocycles. The molecule has 0 aliphatic carbocycles. The van der Waals surface area contributed by atoms with Crippen LogP contribution < -0.4 is 10.6 Å². The molecule has 0 saturated carbocycles. The van der Waals surface area contributed by atoms with Gasteiger partial charge in [0, 0.05) is 17.9 Å². The number of benzene rings is 1. The Morgan fingerprint density at radius 3 is 2.95 bits per heavy atom. The Morgan fingerprint density at radius 1 is 1.47 bits per heavy atom. The quantitative estimate of drug-likeness (QED) is 0.815. The Labute approximate surface area is 115 Å². The second-order valence-corrected chi connectivity index (χ2v) is 5.00. The second kappa shape index (κ2) is 4.31. The smallest absolute Gasteiger partial charge is 0.263 e. The van der Waals surface area contributed by atoms with E-state index < -0.39 is 0 Å². The van der Waals surface area contributed by atoms with Crippen LogP contribution in [0.1, 0.15) is 21.5 Å². The Balaban J connectivity index is 2.01. The number of furan rings is 1. The summed E-state index contributed by atoms with van der Waals surface area (Å²) >= 11 is 5.86. The van der Waals surface area contributed by atoms with Crippen molar-refractivity contribution in [3.63, 3.8) is 0 Å². The summed E-state index contributed by atoms with van der Waals surface area (Å²) in [5.74, 6) is -0.152. The van der Waals surface area contributed by atoms with Crippen molar-refractivity contribution in [1.82, 2.24) is 0 Å². The van der Waals surface area contributed by atoms with Crippen LogP contribution in [0.5, 0.6) is 0 Å². The van der Waals surface area contributed by atoms with Gasteiger partial charge in [0.25, 0.3) is 5.91 Å². The highest BCUT2D eigenvalue weighted by atomic mass is 35.5. The molecule has 1 aromatic heterocycles. The number of fused-ring (bicyclic) bond motifs is 1. The van der Waals surface area contributed by atoms with E-state index >= 15 is 0 Å². The third-order valence-electron chi connectivity index (χ3n) is 3.46. The summed E-state index contributed by atoms with van der Waals surface area (Å²) in [6.45, 7) is 2.60. The molecule has 1 aliphatic rings. The zero-order valence-electron chi connectivity index (χ0n) is 10.4. The van der Waals surface area contributed by atoms with Gasteiger partial charge in [-0.15, -0.1) is 0 Å². The molecule has 19 heavy (non-hydrogen) atoms. The van der Waals surface area contributed by atoms with Gasteiger partial charge in [-0.2, -0.15) is 0 Å². The molecule has 4 nitrogen and oxygen atoms in total. The summed E-state index contributed by atoms with van der Waals surface area (Å²) in [7, 11) is 0. The standard InChI is InChI=1S/C14H13ClN2O2/c1-8-6-9-2-4-17(12(9)7-11(8)16)14(18)10-3-5-19-13(10)15/h3,5-7H,2,4,16H2,1H3. The van der Waals surface area contributed by atoms with Crippen LogP contribution in [0.2, 0.25) is 5.22 Å². The molecule has 0 fully saturated rings. The van der Waals surface area contributed by atoms with Gasteiger partial charge in [-0.3, -0.25) is 4.79 Å². The molecule has 98 valence electrons. The molecule has 1 aromatic carbocycles. The van der Waals surface area contributed by atoms with Gasteiger partial charge < -0.3 is 15.1 Å². The van der Waals surface area contributed by atoms with Crippen LogP contribution in [0.25, 0.3) is 0 Å². The zero-order valence-corrected chi connectivity index (χ0v) is 11.2. The summed E-state index contributed by atoms with van der Waals surface area (Å²) in [6.07, 6.45) is 2.24. The SMILES string of the molecule is Cc1cc2c(cc1N)N(C(=O)c1ccoc1Cl)CC2. The highest BCUT2D eigenvalue weighted by Gasteiger charge is 2.28. The predicted molar refractivity (Wildman–Crippen MR) is 74.7 cm³/mol. The number of carbonyl (C=O) groups excluding carboxylic acids is 1. The number of hydrogen-bond donors (Lipinski definition) is 1. The highest BCUT2D eigenvalue weighted by Crippen LogP contribution is 2.34. The molecule has 2 N–H and O–H groups in total. The van der Waals surface area contributed by atoms with E-state index in [1.807, 2.05) is 19.1 Å². The van der Waals surface area contributed by atoms with Crippen LogP contribution in [0.15, 0.2) is 28.9 Å². The van der Waals surface area contributed by atoms with Gasteiger partial charge in [0.15, 0.2) is 0 Å². The minimum atomic E-state index is -0.152. The van der Waals surface area contributed by atoms with Gasteiger partial charge in [0.1, 0.15) is 0 Å². The van der Waals surface area contributed by atoms with Crippen molar-refractivity contribution >= 4 is 28.9 Å². The lowest BCUT2D eigenvalue weighted by molar-refractivity contribution is 0.0989. The van der Waals surface area contributed by atoms with Crippen LogP contribution in [0.3, 0.4) is 0 Å². The number of anilines is 2. The minimum Gasteiger partial charge on any atom is -0.452 e. The Hall–Kier alpha value is -1.94. The Kier molecular flexibility index (Phi) is 2.75. The fraction of sp³-hybridized carbons (Fsp3) is 0.214. The van der Waals surface area contributed by atoms with Crippen LogP contribution in [-0.4, -0.2) is 12.5 Å². The van der Waals surface area contributed by atoms with E-state index in [9.17, 15) is 4.79 Å². The van der Waals surface area contributed by atoms with Gasteiger partial charge in [-0.05, 0) is 48.2 Å². The molecule has 0 saturated heterocycles. The minimum absolute atomic E-state index is 0.124. The molecule has 0 radical (unpaired) electrons. The lowest BCUT2D eigenvalue weighted by atomic mass is 10.1. The van der Waals surface area contributed by atoms with Crippen molar-refractivity contribution in [1.29, 1.82) is 0 Å². The van der Waals surface area contributed by atoms with Gasteiger partial charge in [-0.1, -0.05) is 6.07 Å². The average molecular weight is 277 g/mol. The van der Waals surface area contributed by atoms with Gasteiger partial charge in [0.2, 0.25) is 5.22 Å². The van der Waals surface area contributed by atoms with E-state index in [1.165, 1.54) is 6.26 Å². The summed E-state index contributed by atoms with van der Waals surface area (Å²) in [5.41, 5.74) is 10.0. The van der Waals surface area contributed by atoms with E-state index in [4.69, 9.17) is 21.8 Å². The van der Waals surface area contributed by atoms with Crippen LogP contribution >= 0.6 is 11.6 Å². The molecule has 1 amide bonds. The third-order valence-corrected chi connectivity index (χ3v) is 3.75. The predicted octanol–water partition coefficient (Wildman–Crippen LogP) is 3.03. The Morgan fingerprint density at radius 2 is 2.26 bits per heavy atom. The van der Waals surface area contributed by atoms with E-state index in [2.05, 4.69) is 0 Å². The summed E-state index contributed by atoms with van der Waals surface area (Å²) in [6, 6.07) is 5.47. The lowest BCUT2D eigenvalue weighted by Gasteiger charge is -2.17. The monoisotopic (exact) mass is 276 g/mol. The fourth-order valence-corrected chi connectivity index (χ4v) is 2.57. The third kappa shape index (κ3) is 1.88. The molecule has 2 aromatic rings. The Bertz CT molecular complexity index is 663. The van der Waals surface area contributed by atoms with Crippen LogP contribution in [0.4, 0.5) is 11.4 Å². The number of halogens is 1. The van der Waals surface area contributed by atoms with Gasteiger partial charge in [-0.25, -0.2) is 0 Å². The summed E-state index contributed by atoms with van der Waals surface area (Å²) in [4.78, 5) is 14.1. The highest BCUT2D eigenvalue weighted by molar-refractivity contribution is 6.33. The van der Waals surface area contributed by atoms with Gasteiger partial charge in [0.05, 0.1) is 11.8 Å². The molecule has 0 spiro atoms. The van der Waals surface area contributed by atoms with Crippen molar-refractivity contribution in [3.05, 3.63) is 46.4 Å². The van der Waals surface area contributed by atoms with E-state index in [-0.39, 0.29) is 11.1 Å². The topological polar surface area (TPSA) is 59.5 Å². The number of nitrogens with two attached hydrogens (primary N) is 1. The number of hydrogen-bond acceptors (Lipinski definition) is 3. The maximum Gasteiger partial charge on any atom is 0.263 e.